The molecular formula is C52H36N2O. The van der Waals surface area contributed by atoms with Crippen molar-refractivity contribution >= 4 is 44.9 Å². The van der Waals surface area contributed by atoms with Crippen molar-refractivity contribution in [2.75, 3.05) is 9.80 Å². The van der Waals surface area contributed by atoms with Gasteiger partial charge in [0.25, 0.3) is 0 Å². The normalized spacial score (nSPS) is 11.4. The molecule has 0 bridgehead atoms. The topological polar surface area (TPSA) is 15.7 Å². The van der Waals surface area contributed by atoms with Gasteiger partial charge in [-0.2, -0.15) is 0 Å². The second-order valence-electron chi connectivity index (χ2n) is 13.7. The lowest BCUT2D eigenvalue weighted by molar-refractivity contribution is 0.489. The molecule has 9 aromatic rings. The van der Waals surface area contributed by atoms with Crippen molar-refractivity contribution in [1.82, 2.24) is 0 Å². The second-order valence-corrected chi connectivity index (χ2v) is 13.7. The number of para-hydroxylation sites is 5. The summed E-state index contributed by atoms with van der Waals surface area (Å²) in [6, 6.07) is 77.2. The van der Waals surface area contributed by atoms with E-state index in [0.29, 0.717) is 0 Å². The minimum Gasteiger partial charge on any atom is -0.455 e. The summed E-state index contributed by atoms with van der Waals surface area (Å²) < 4.78 is 6.87. The van der Waals surface area contributed by atoms with Crippen LogP contribution in [0.4, 0.5) is 34.1 Å². The Hall–Kier alpha value is -7.36. The Bertz CT molecular complexity index is 2670. The van der Waals surface area contributed by atoms with Gasteiger partial charge < -0.3 is 14.5 Å². The monoisotopic (exact) mass is 704 g/mol. The van der Waals surface area contributed by atoms with E-state index in [1.54, 1.807) is 0 Å². The van der Waals surface area contributed by atoms with Gasteiger partial charge in [0.2, 0.25) is 0 Å². The van der Waals surface area contributed by atoms with Gasteiger partial charge in [-0.3, -0.25) is 0 Å². The van der Waals surface area contributed by atoms with E-state index >= 15 is 0 Å². The van der Waals surface area contributed by atoms with E-state index in [4.69, 9.17) is 4.74 Å². The molecule has 0 spiro atoms. The van der Waals surface area contributed by atoms with Gasteiger partial charge in [0, 0.05) is 50.6 Å². The highest BCUT2D eigenvalue weighted by molar-refractivity contribution is 6.10. The SMILES string of the molecule is c1ccc(N(c2ccccc2)c2ccc(-c3cccc4c3Oc3ccc(-c5ccc(N(c6ccccc6)c6ccccc6)cc5)c5cccc-4c35)cc2)cc1. The number of ether oxygens (including phenoxy) is 1. The van der Waals surface area contributed by atoms with Crippen LogP contribution in [0.25, 0.3) is 44.2 Å². The summed E-state index contributed by atoms with van der Waals surface area (Å²) in [5.41, 5.74) is 13.5. The fourth-order valence-electron chi connectivity index (χ4n) is 7.91. The summed E-state index contributed by atoms with van der Waals surface area (Å²) >= 11 is 0. The van der Waals surface area contributed by atoms with E-state index in [1.807, 2.05) is 0 Å². The van der Waals surface area contributed by atoms with Crippen LogP contribution in [0, 0.1) is 0 Å². The van der Waals surface area contributed by atoms with Crippen molar-refractivity contribution in [2.24, 2.45) is 0 Å². The highest BCUT2D eigenvalue weighted by Crippen LogP contribution is 2.52. The third kappa shape index (κ3) is 5.89. The Balaban J connectivity index is 1.00. The Morgan fingerprint density at radius 3 is 1.16 bits per heavy atom. The van der Waals surface area contributed by atoms with Crippen molar-refractivity contribution in [2.45, 2.75) is 0 Å². The highest BCUT2D eigenvalue weighted by Gasteiger charge is 2.25. The highest BCUT2D eigenvalue weighted by atomic mass is 16.5. The molecule has 55 heavy (non-hydrogen) atoms. The van der Waals surface area contributed by atoms with Gasteiger partial charge >= 0.3 is 0 Å². The number of hydrogen-bond donors (Lipinski definition) is 0. The molecule has 1 heterocycles. The van der Waals surface area contributed by atoms with Crippen LogP contribution in [-0.2, 0) is 0 Å². The lowest BCUT2D eigenvalue weighted by Gasteiger charge is -2.26. The molecule has 0 fully saturated rings. The molecule has 3 heteroatoms. The molecule has 0 N–H and O–H groups in total. The van der Waals surface area contributed by atoms with Crippen LogP contribution in [0.1, 0.15) is 0 Å². The van der Waals surface area contributed by atoms with E-state index in [-0.39, 0.29) is 0 Å². The molecule has 0 saturated carbocycles. The van der Waals surface area contributed by atoms with E-state index in [9.17, 15) is 0 Å². The van der Waals surface area contributed by atoms with Crippen molar-refractivity contribution in [3.8, 4) is 44.9 Å². The minimum absolute atomic E-state index is 0.876. The average Bonchev–Trinajstić information content (AvgIpc) is 3.26. The minimum atomic E-state index is 0.876. The molecule has 0 amide bonds. The van der Waals surface area contributed by atoms with Crippen molar-refractivity contribution in [3.63, 3.8) is 0 Å². The molecule has 0 atom stereocenters. The lowest BCUT2D eigenvalue weighted by Crippen LogP contribution is -2.09. The summed E-state index contributed by atoms with van der Waals surface area (Å²) in [4.78, 5) is 4.57. The predicted molar refractivity (Wildman–Crippen MR) is 230 cm³/mol. The summed E-state index contributed by atoms with van der Waals surface area (Å²) in [5.74, 6) is 1.76. The fraction of sp³-hybridized carbons (Fsp3) is 0. The average molecular weight is 705 g/mol. The van der Waals surface area contributed by atoms with Crippen LogP contribution in [0.3, 0.4) is 0 Å². The van der Waals surface area contributed by atoms with Crippen LogP contribution < -0.4 is 14.5 Å². The molecule has 260 valence electrons. The lowest BCUT2D eigenvalue weighted by atomic mass is 9.88. The zero-order valence-electron chi connectivity index (χ0n) is 30.1. The fourth-order valence-corrected chi connectivity index (χ4v) is 7.91. The smallest absolute Gasteiger partial charge is 0.143 e. The molecule has 10 rings (SSSR count). The van der Waals surface area contributed by atoms with Gasteiger partial charge in [0.15, 0.2) is 0 Å². The van der Waals surface area contributed by atoms with Gasteiger partial charge in [-0.1, -0.05) is 140 Å². The van der Waals surface area contributed by atoms with Crippen LogP contribution in [0.5, 0.6) is 11.5 Å². The number of nitrogens with zero attached hydrogens (tertiary/aromatic N) is 2. The first-order valence-electron chi connectivity index (χ1n) is 18.7. The third-order valence-corrected chi connectivity index (χ3v) is 10.5. The Labute approximate surface area is 321 Å². The maximum Gasteiger partial charge on any atom is 0.143 e. The van der Waals surface area contributed by atoms with E-state index in [2.05, 4.69) is 228 Å². The van der Waals surface area contributed by atoms with Crippen LogP contribution in [0.15, 0.2) is 218 Å². The molecule has 0 radical (unpaired) electrons. The number of fused-ring (bicyclic) bond motifs is 2. The number of benzene rings is 9. The molecule has 0 saturated heterocycles. The van der Waals surface area contributed by atoms with Gasteiger partial charge in [-0.05, 0) is 107 Å². The molecule has 1 aliphatic rings. The molecular weight excluding hydrogens is 669 g/mol. The number of anilines is 6. The first-order chi connectivity index (χ1) is 27.3. The van der Waals surface area contributed by atoms with Crippen LogP contribution in [-0.4, -0.2) is 0 Å². The van der Waals surface area contributed by atoms with Crippen LogP contribution in [0.2, 0.25) is 0 Å². The predicted octanol–water partition coefficient (Wildman–Crippen LogP) is 14.9. The molecule has 9 aromatic carbocycles. The van der Waals surface area contributed by atoms with Crippen LogP contribution >= 0.6 is 0 Å². The van der Waals surface area contributed by atoms with Gasteiger partial charge in [-0.15, -0.1) is 0 Å². The Morgan fingerprint density at radius 2 is 0.673 bits per heavy atom. The molecule has 1 aliphatic heterocycles. The van der Waals surface area contributed by atoms with Gasteiger partial charge in [0.05, 0.1) is 0 Å². The van der Waals surface area contributed by atoms with Gasteiger partial charge in [0.1, 0.15) is 11.5 Å². The van der Waals surface area contributed by atoms with E-state index < -0.39 is 0 Å². The van der Waals surface area contributed by atoms with Gasteiger partial charge in [-0.25, -0.2) is 0 Å². The summed E-state index contributed by atoms with van der Waals surface area (Å²) in [7, 11) is 0. The maximum absolute atomic E-state index is 6.87. The largest absolute Gasteiger partial charge is 0.455 e. The van der Waals surface area contributed by atoms with E-state index in [0.717, 1.165) is 73.3 Å². The second kappa shape index (κ2) is 13.9. The molecule has 0 unspecified atom stereocenters. The summed E-state index contributed by atoms with van der Waals surface area (Å²) in [6.07, 6.45) is 0. The maximum atomic E-state index is 6.87. The summed E-state index contributed by atoms with van der Waals surface area (Å²) in [5, 5.41) is 2.31. The number of hydrogen-bond acceptors (Lipinski definition) is 3. The van der Waals surface area contributed by atoms with Crippen molar-refractivity contribution < 1.29 is 4.74 Å². The standard InChI is InChI=1S/C52H36N2O/c1-5-15-39(16-6-1)53(40-17-7-2-8-18-40)43-31-27-37(28-32-43)45-35-36-50-51-47(45)24-14-25-48(51)49-26-13-23-46(52(49)55-50)38-29-33-44(34-30-38)54(41-19-9-3-10-20-41)42-21-11-4-12-22-42/h1-36H. The Morgan fingerprint density at radius 1 is 0.273 bits per heavy atom. The van der Waals surface area contributed by atoms with Crippen molar-refractivity contribution in [3.05, 3.63) is 218 Å². The molecule has 0 aromatic heterocycles. The van der Waals surface area contributed by atoms with E-state index in [1.165, 1.54) is 16.5 Å². The number of rotatable bonds is 8. The quantitative estimate of drug-likeness (QED) is 0.157. The van der Waals surface area contributed by atoms with Crippen molar-refractivity contribution in [1.29, 1.82) is 0 Å². The zero-order valence-corrected chi connectivity index (χ0v) is 30.1. The zero-order chi connectivity index (χ0) is 36.6. The third-order valence-electron chi connectivity index (χ3n) is 10.5. The summed E-state index contributed by atoms with van der Waals surface area (Å²) in [6.45, 7) is 0. The first-order valence-corrected chi connectivity index (χ1v) is 18.7. The molecule has 0 aliphatic carbocycles. The molecule has 3 nitrogen and oxygen atoms in total. The Kier molecular flexibility index (Phi) is 8.16. The first kappa shape index (κ1) is 32.3.